The number of thiophene rings is 1. The van der Waals surface area contributed by atoms with Crippen LogP contribution in [-0.2, 0) is 6.42 Å². The Morgan fingerprint density at radius 3 is 2.62 bits per heavy atom. The van der Waals surface area contributed by atoms with Gasteiger partial charge in [-0.05, 0) is 30.9 Å². The monoisotopic (exact) mass is 236 g/mol. The average molecular weight is 237 g/mol. The molecule has 0 spiro atoms. The molecule has 1 rings (SSSR count). The average Bonchev–Trinajstić information content (AvgIpc) is 2.49. The summed E-state index contributed by atoms with van der Waals surface area (Å²) < 4.78 is 0.866. The number of rotatable bonds is 4. The molecule has 2 atom stereocenters. The summed E-state index contributed by atoms with van der Waals surface area (Å²) in [5.74, 6) is 0.529. The SMILES string of the molecule is CCC(Cl)C(C)Cc1ccc(Cl)s1. The van der Waals surface area contributed by atoms with E-state index in [1.54, 1.807) is 11.3 Å². The Balaban J connectivity index is 2.49. The smallest absolute Gasteiger partial charge is 0.0931 e. The lowest BCUT2D eigenvalue weighted by molar-refractivity contribution is 0.535. The van der Waals surface area contributed by atoms with Crippen LogP contribution in [0.2, 0.25) is 4.34 Å². The van der Waals surface area contributed by atoms with E-state index in [1.807, 2.05) is 6.07 Å². The van der Waals surface area contributed by atoms with Crippen molar-refractivity contribution in [1.29, 1.82) is 0 Å². The second-order valence-corrected chi connectivity index (χ2v) is 5.67. The van der Waals surface area contributed by atoms with Gasteiger partial charge in [0.15, 0.2) is 0 Å². The Labute approximate surface area is 93.9 Å². The summed E-state index contributed by atoms with van der Waals surface area (Å²) in [4.78, 5) is 1.33. The molecule has 0 aliphatic heterocycles. The van der Waals surface area contributed by atoms with E-state index in [0.717, 1.165) is 17.2 Å². The minimum Gasteiger partial charge on any atom is -0.128 e. The van der Waals surface area contributed by atoms with Crippen LogP contribution >= 0.6 is 34.5 Å². The fraction of sp³-hybridized carbons (Fsp3) is 0.600. The second kappa shape index (κ2) is 5.23. The molecule has 0 aliphatic rings. The maximum atomic E-state index is 6.14. The van der Waals surface area contributed by atoms with E-state index in [2.05, 4.69) is 19.9 Å². The molecule has 2 unspecified atom stereocenters. The van der Waals surface area contributed by atoms with Crippen LogP contribution < -0.4 is 0 Å². The molecule has 1 aromatic heterocycles. The van der Waals surface area contributed by atoms with Gasteiger partial charge >= 0.3 is 0 Å². The van der Waals surface area contributed by atoms with Gasteiger partial charge in [0.05, 0.1) is 4.34 Å². The Bertz CT molecular complexity index is 257. The van der Waals surface area contributed by atoms with Crippen molar-refractivity contribution in [3.8, 4) is 0 Å². The van der Waals surface area contributed by atoms with Crippen LogP contribution in [0.15, 0.2) is 12.1 Å². The topological polar surface area (TPSA) is 0 Å². The molecule has 0 aromatic carbocycles. The summed E-state index contributed by atoms with van der Waals surface area (Å²) in [5, 5.41) is 0.279. The molecule has 74 valence electrons. The summed E-state index contributed by atoms with van der Waals surface area (Å²) in [5.41, 5.74) is 0. The molecular weight excluding hydrogens is 223 g/mol. The fourth-order valence-corrected chi connectivity index (χ4v) is 2.63. The van der Waals surface area contributed by atoms with E-state index >= 15 is 0 Å². The van der Waals surface area contributed by atoms with Gasteiger partial charge in [-0.1, -0.05) is 25.4 Å². The second-order valence-electron chi connectivity index (χ2n) is 3.31. The van der Waals surface area contributed by atoms with Crippen LogP contribution in [0, 0.1) is 5.92 Å². The highest BCUT2D eigenvalue weighted by Crippen LogP contribution is 2.26. The fourth-order valence-electron chi connectivity index (χ4n) is 1.31. The largest absolute Gasteiger partial charge is 0.128 e. The molecule has 0 saturated carbocycles. The summed E-state index contributed by atoms with van der Waals surface area (Å²) >= 11 is 13.6. The standard InChI is InChI=1S/C10H14Cl2S/c1-3-9(11)7(2)6-8-4-5-10(12)13-8/h4-5,7,9H,3,6H2,1-2H3. The minimum absolute atomic E-state index is 0.279. The van der Waals surface area contributed by atoms with Gasteiger partial charge < -0.3 is 0 Å². The molecule has 3 heteroatoms. The number of halogens is 2. The molecule has 1 aromatic rings. The van der Waals surface area contributed by atoms with Crippen molar-refractivity contribution in [2.75, 3.05) is 0 Å². The zero-order valence-corrected chi connectivity index (χ0v) is 10.2. The molecule has 0 nitrogen and oxygen atoms in total. The lowest BCUT2D eigenvalue weighted by atomic mass is 10.0. The summed E-state index contributed by atoms with van der Waals surface area (Å²) in [6.07, 6.45) is 2.07. The molecule has 0 saturated heterocycles. The molecular formula is C10H14Cl2S. The van der Waals surface area contributed by atoms with Gasteiger partial charge in [-0.15, -0.1) is 22.9 Å². The molecule has 0 amide bonds. The van der Waals surface area contributed by atoms with Crippen LogP contribution in [0.5, 0.6) is 0 Å². The van der Waals surface area contributed by atoms with Gasteiger partial charge in [0, 0.05) is 10.3 Å². The zero-order chi connectivity index (χ0) is 9.84. The van der Waals surface area contributed by atoms with Crippen LogP contribution in [0.1, 0.15) is 25.1 Å². The Kier molecular flexibility index (Phi) is 4.57. The molecule has 0 radical (unpaired) electrons. The van der Waals surface area contributed by atoms with Crippen molar-refractivity contribution in [3.05, 3.63) is 21.3 Å². The number of hydrogen-bond acceptors (Lipinski definition) is 1. The van der Waals surface area contributed by atoms with E-state index in [0.29, 0.717) is 5.92 Å². The molecule has 0 fully saturated rings. The van der Waals surface area contributed by atoms with Gasteiger partial charge in [-0.25, -0.2) is 0 Å². The Morgan fingerprint density at radius 2 is 2.15 bits per heavy atom. The maximum absolute atomic E-state index is 6.14. The van der Waals surface area contributed by atoms with Crippen molar-refractivity contribution in [2.45, 2.75) is 32.1 Å². The lowest BCUT2D eigenvalue weighted by Crippen LogP contribution is -2.12. The summed E-state index contributed by atoms with van der Waals surface area (Å²) in [7, 11) is 0. The third kappa shape index (κ3) is 3.49. The van der Waals surface area contributed by atoms with E-state index in [4.69, 9.17) is 23.2 Å². The highest BCUT2D eigenvalue weighted by Gasteiger charge is 2.13. The highest BCUT2D eigenvalue weighted by molar-refractivity contribution is 7.16. The molecule has 13 heavy (non-hydrogen) atoms. The molecule has 0 bridgehead atoms. The van der Waals surface area contributed by atoms with Crippen molar-refractivity contribution in [2.24, 2.45) is 5.92 Å². The maximum Gasteiger partial charge on any atom is 0.0931 e. The van der Waals surface area contributed by atoms with Gasteiger partial charge in [0.1, 0.15) is 0 Å². The molecule has 0 aliphatic carbocycles. The van der Waals surface area contributed by atoms with Gasteiger partial charge in [-0.2, -0.15) is 0 Å². The minimum atomic E-state index is 0.279. The van der Waals surface area contributed by atoms with E-state index in [1.165, 1.54) is 4.88 Å². The number of alkyl halides is 1. The normalized spacial score (nSPS) is 15.7. The van der Waals surface area contributed by atoms with Crippen molar-refractivity contribution < 1.29 is 0 Å². The van der Waals surface area contributed by atoms with Gasteiger partial charge in [0.2, 0.25) is 0 Å². The van der Waals surface area contributed by atoms with E-state index < -0.39 is 0 Å². The predicted molar refractivity (Wildman–Crippen MR) is 62.1 cm³/mol. The Morgan fingerprint density at radius 1 is 1.46 bits per heavy atom. The highest BCUT2D eigenvalue weighted by atomic mass is 35.5. The van der Waals surface area contributed by atoms with Crippen molar-refractivity contribution in [3.63, 3.8) is 0 Å². The first-order valence-electron chi connectivity index (χ1n) is 4.51. The molecule has 1 heterocycles. The van der Waals surface area contributed by atoms with E-state index in [-0.39, 0.29) is 5.38 Å². The third-order valence-corrected chi connectivity index (χ3v) is 4.15. The van der Waals surface area contributed by atoms with Crippen LogP contribution in [0.3, 0.4) is 0 Å². The first kappa shape index (κ1) is 11.4. The van der Waals surface area contributed by atoms with Gasteiger partial charge in [-0.3, -0.25) is 0 Å². The van der Waals surface area contributed by atoms with Crippen LogP contribution in [0.4, 0.5) is 0 Å². The van der Waals surface area contributed by atoms with Crippen molar-refractivity contribution in [1.82, 2.24) is 0 Å². The Hall–Kier alpha value is 0.280. The summed E-state index contributed by atoms with van der Waals surface area (Å²) in [6.45, 7) is 4.31. The number of hydrogen-bond donors (Lipinski definition) is 0. The first-order chi connectivity index (χ1) is 6.13. The first-order valence-corrected chi connectivity index (χ1v) is 6.14. The van der Waals surface area contributed by atoms with Crippen LogP contribution in [-0.4, -0.2) is 5.38 Å². The zero-order valence-electron chi connectivity index (χ0n) is 7.89. The molecule has 0 N–H and O–H groups in total. The van der Waals surface area contributed by atoms with E-state index in [9.17, 15) is 0 Å². The van der Waals surface area contributed by atoms with Gasteiger partial charge in [0.25, 0.3) is 0 Å². The quantitative estimate of drug-likeness (QED) is 0.671. The lowest BCUT2D eigenvalue weighted by Gasteiger charge is -2.14. The van der Waals surface area contributed by atoms with Crippen molar-refractivity contribution >= 4 is 34.5 Å². The predicted octanol–water partition coefficient (Wildman–Crippen LogP) is 4.60. The van der Waals surface area contributed by atoms with Crippen LogP contribution in [0.25, 0.3) is 0 Å². The summed E-state index contributed by atoms with van der Waals surface area (Å²) in [6, 6.07) is 4.03. The third-order valence-electron chi connectivity index (χ3n) is 2.16.